The molecule has 1 heterocycles. The zero-order valence-electron chi connectivity index (χ0n) is 12.5. The Kier molecular flexibility index (Phi) is 4.81. The molecule has 2 rings (SSSR count). The molecule has 0 radical (unpaired) electrons. The normalized spacial score (nSPS) is 14.1. The van der Waals surface area contributed by atoms with Crippen molar-refractivity contribution in [2.24, 2.45) is 0 Å². The molecule has 0 aliphatic heterocycles. The van der Waals surface area contributed by atoms with Crippen molar-refractivity contribution in [1.29, 1.82) is 0 Å². The molecule has 0 bridgehead atoms. The minimum absolute atomic E-state index is 0.224. The molecular weight excluding hydrogens is 236 g/mol. The van der Waals surface area contributed by atoms with Crippen LogP contribution in [0.3, 0.4) is 0 Å². The van der Waals surface area contributed by atoms with E-state index < -0.39 is 0 Å². The lowest BCUT2D eigenvalue weighted by atomic mass is 10.1. The van der Waals surface area contributed by atoms with E-state index in [4.69, 9.17) is 0 Å². The molecule has 0 saturated carbocycles. The number of nitrogens with one attached hydrogen (secondary N) is 1. The molecule has 1 aliphatic rings. The van der Waals surface area contributed by atoms with Crippen LogP contribution in [0.15, 0.2) is 10.9 Å². The van der Waals surface area contributed by atoms with Gasteiger partial charge in [-0.1, -0.05) is 27.2 Å². The predicted octanol–water partition coefficient (Wildman–Crippen LogP) is 2.64. The first-order valence-corrected chi connectivity index (χ1v) is 7.61. The fourth-order valence-corrected chi connectivity index (χ4v) is 2.78. The van der Waals surface area contributed by atoms with Gasteiger partial charge in [0.25, 0.3) is 5.56 Å². The molecule has 0 amide bonds. The van der Waals surface area contributed by atoms with Crippen molar-refractivity contribution in [1.82, 2.24) is 9.88 Å². The summed E-state index contributed by atoms with van der Waals surface area (Å²) in [5.41, 5.74) is 3.86. The second kappa shape index (κ2) is 6.38. The molecule has 1 aromatic rings. The number of unbranched alkanes of at least 4 members (excludes halogenated alkanes) is 1. The standard InChI is InChI=1S/C16H26N2O/c1-4-5-9-18-15-8-6-7-13(15)10-14(16(18)19)11-17-12(2)3/h10,12,17H,4-9,11H2,1-3H3. The maximum Gasteiger partial charge on any atom is 0.255 e. The van der Waals surface area contributed by atoms with Crippen LogP contribution in [-0.4, -0.2) is 10.6 Å². The van der Waals surface area contributed by atoms with Crippen LogP contribution in [0.25, 0.3) is 0 Å². The second-order valence-electron chi connectivity index (χ2n) is 5.84. The smallest absolute Gasteiger partial charge is 0.255 e. The molecule has 0 aromatic carbocycles. The van der Waals surface area contributed by atoms with Gasteiger partial charge in [-0.15, -0.1) is 0 Å². The number of hydrogen-bond acceptors (Lipinski definition) is 2. The Morgan fingerprint density at radius 2 is 2.16 bits per heavy atom. The van der Waals surface area contributed by atoms with Crippen molar-refractivity contribution < 1.29 is 0 Å². The van der Waals surface area contributed by atoms with Crippen molar-refractivity contribution in [3.8, 4) is 0 Å². The van der Waals surface area contributed by atoms with Gasteiger partial charge in [0.2, 0.25) is 0 Å². The van der Waals surface area contributed by atoms with Gasteiger partial charge in [0.05, 0.1) is 0 Å². The van der Waals surface area contributed by atoms with Crippen LogP contribution in [-0.2, 0) is 25.9 Å². The molecule has 0 unspecified atom stereocenters. The number of rotatable bonds is 6. The highest BCUT2D eigenvalue weighted by Crippen LogP contribution is 2.21. The van der Waals surface area contributed by atoms with Crippen LogP contribution in [0.2, 0.25) is 0 Å². The van der Waals surface area contributed by atoms with Gasteiger partial charge < -0.3 is 9.88 Å². The molecule has 3 heteroatoms. The van der Waals surface area contributed by atoms with E-state index in [0.29, 0.717) is 12.6 Å². The zero-order chi connectivity index (χ0) is 13.8. The van der Waals surface area contributed by atoms with E-state index in [0.717, 1.165) is 37.8 Å². The second-order valence-corrected chi connectivity index (χ2v) is 5.84. The van der Waals surface area contributed by atoms with E-state index in [1.165, 1.54) is 17.7 Å². The highest BCUT2D eigenvalue weighted by atomic mass is 16.1. The molecule has 0 saturated heterocycles. The number of pyridine rings is 1. The third kappa shape index (κ3) is 3.27. The third-order valence-corrected chi connectivity index (χ3v) is 3.86. The Balaban J connectivity index is 2.32. The summed E-state index contributed by atoms with van der Waals surface area (Å²) in [5, 5.41) is 3.36. The molecule has 0 atom stereocenters. The molecule has 0 spiro atoms. The lowest BCUT2D eigenvalue weighted by Gasteiger charge is -2.15. The highest BCUT2D eigenvalue weighted by Gasteiger charge is 2.18. The molecule has 1 aromatic heterocycles. The lowest BCUT2D eigenvalue weighted by Crippen LogP contribution is -2.31. The van der Waals surface area contributed by atoms with Crippen LogP contribution in [0.4, 0.5) is 0 Å². The van der Waals surface area contributed by atoms with Crippen LogP contribution in [0.1, 0.15) is 56.9 Å². The summed E-state index contributed by atoms with van der Waals surface area (Å²) in [4.78, 5) is 12.6. The number of aryl methyl sites for hydroxylation is 1. The molecule has 3 nitrogen and oxygen atoms in total. The maximum atomic E-state index is 12.6. The average molecular weight is 262 g/mol. The van der Waals surface area contributed by atoms with Crippen molar-refractivity contribution >= 4 is 0 Å². The van der Waals surface area contributed by atoms with Crippen molar-refractivity contribution in [2.75, 3.05) is 0 Å². The number of nitrogens with zero attached hydrogens (tertiary/aromatic N) is 1. The zero-order valence-corrected chi connectivity index (χ0v) is 12.5. The Labute approximate surface area is 116 Å². The SMILES string of the molecule is CCCCn1c2c(cc(CNC(C)C)c1=O)CCC2. The fraction of sp³-hybridized carbons (Fsp3) is 0.688. The summed E-state index contributed by atoms with van der Waals surface area (Å²) >= 11 is 0. The largest absolute Gasteiger partial charge is 0.312 e. The number of hydrogen-bond donors (Lipinski definition) is 1. The maximum absolute atomic E-state index is 12.6. The minimum atomic E-state index is 0.224. The molecule has 1 aliphatic carbocycles. The van der Waals surface area contributed by atoms with Gasteiger partial charge in [-0.3, -0.25) is 4.79 Å². The predicted molar refractivity (Wildman–Crippen MR) is 79.6 cm³/mol. The van der Waals surface area contributed by atoms with Gasteiger partial charge in [-0.25, -0.2) is 0 Å². The Morgan fingerprint density at radius 1 is 1.37 bits per heavy atom. The van der Waals surface area contributed by atoms with E-state index in [1.807, 2.05) is 4.57 Å². The van der Waals surface area contributed by atoms with Crippen LogP contribution in [0.5, 0.6) is 0 Å². The van der Waals surface area contributed by atoms with Crippen LogP contribution < -0.4 is 10.9 Å². The first-order valence-electron chi connectivity index (χ1n) is 7.61. The topological polar surface area (TPSA) is 34.0 Å². The Bertz CT molecular complexity index is 488. The molecular formula is C16H26N2O. The van der Waals surface area contributed by atoms with Gasteiger partial charge in [-0.2, -0.15) is 0 Å². The molecule has 0 fully saturated rings. The first-order chi connectivity index (χ1) is 9.13. The molecule has 1 N–H and O–H groups in total. The van der Waals surface area contributed by atoms with E-state index in [9.17, 15) is 4.79 Å². The summed E-state index contributed by atoms with van der Waals surface area (Å²) in [7, 11) is 0. The van der Waals surface area contributed by atoms with Crippen molar-refractivity contribution in [3.63, 3.8) is 0 Å². The van der Waals surface area contributed by atoms with Gasteiger partial charge in [0.15, 0.2) is 0 Å². The van der Waals surface area contributed by atoms with Crippen molar-refractivity contribution in [3.05, 3.63) is 33.2 Å². The minimum Gasteiger partial charge on any atom is -0.312 e. The summed E-state index contributed by atoms with van der Waals surface area (Å²) in [6, 6.07) is 2.56. The summed E-state index contributed by atoms with van der Waals surface area (Å²) in [6.07, 6.45) is 5.63. The number of aromatic nitrogens is 1. The van der Waals surface area contributed by atoms with E-state index in [2.05, 4.69) is 32.2 Å². The van der Waals surface area contributed by atoms with Gasteiger partial charge in [0, 0.05) is 30.4 Å². The lowest BCUT2D eigenvalue weighted by molar-refractivity contribution is 0.560. The summed E-state index contributed by atoms with van der Waals surface area (Å²) in [5.74, 6) is 0. The van der Waals surface area contributed by atoms with Gasteiger partial charge >= 0.3 is 0 Å². The monoisotopic (exact) mass is 262 g/mol. The molecule has 106 valence electrons. The summed E-state index contributed by atoms with van der Waals surface area (Å²) in [6.45, 7) is 7.98. The van der Waals surface area contributed by atoms with Crippen molar-refractivity contribution in [2.45, 2.75) is 72.0 Å². The Hall–Kier alpha value is -1.09. The quantitative estimate of drug-likeness (QED) is 0.855. The number of fused-ring (bicyclic) bond motifs is 1. The Morgan fingerprint density at radius 3 is 2.84 bits per heavy atom. The third-order valence-electron chi connectivity index (χ3n) is 3.86. The van der Waals surface area contributed by atoms with E-state index >= 15 is 0 Å². The van der Waals surface area contributed by atoms with E-state index in [1.54, 1.807) is 0 Å². The first kappa shape index (κ1) is 14.3. The summed E-state index contributed by atoms with van der Waals surface area (Å²) < 4.78 is 2.04. The highest BCUT2D eigenvalue weighted by molar-refractivity contribution is 5.30. The van der Waals surface area contributed by atoms with Gasteiger partial charge in [-0.05, 0) is 37.3 Å². The average Bonchev–Trinajstić information content (AvgIpc) is 2.83. The van der Waals surface area contributed by atoms with E-state index in [-0.39, 0.29) is 5.56 Å². The fourth-order valence-electron chi connectivity index (χ4n) is 2.78. The van der Waals surface area contributed by atoms with Crippen LogP contribution >= 0.6 is 0 Å². The molecule has 19 heavy (non-hydrogen) atoms. The van der Waals surface area contributed by atoms with Crippen LogP contribution in [0, 0.1) is 0 Å². The van der Waals surface area contributed by atoms with Gasteiger partial charge in [0.1, 0.15) is 0 Å².